The molecule has 0 aromatic rings. The Labute approximate surface area is 139 Å². The van der Waals surface area contributed by atoms with Crippen LogP contribution in [0.15, 0.2) is 11.6 Å². The van der Waals surface area contributed by atoms with Crippen LogP contribution in [0, 0.1) is 11.8 Å². The standard InChI is InChI=1S/C19H29NO3/c1-13-6-5-9-19(2)17(23-19)16-14(8-7-13)15(18(21)22-16)12-20-10-3-4-11-20/h6,14-17H,3-5,7-12H2,1-2H3/t14-,15-,16-,17+,19+/m0/s1. The summed E-state index contributed by atoms with van der Waals surface area (Å²) in [6, 6.07) is 0. The van der Waals surface area contributed by atoms with Crippen molar-refractivity contribution in [2.24, 2.45) is 11.8 Å². The number of carbonyl (C=O) groups is 1. The monoisotopic (exact) mass is 319 g/mol. The van der Waals surface area contributed by atoms with Crippen molar-refractivity contribution in [2.75, 3.05) is 19.6 Å². The molecule has 0 N–H and O–H groups in total. The maximum Gasteiger partial charge on any atom is 0.311 e. The van der Waals surface area contributed by atoms with Crippen molar-refractivity contribution in [3.8, 4) is 0 Å². The number of epoxide rings is 1. The molecule has 23 heavy (non-hydrogen) atoms. The van der Waals surface area contributed by atoms with Crippen LogP contribution in [0.4, 0.5) is 0 Å². The van der Waals surface area contributed by atoms with E-state index in [9.17, 15) is 4.79 Å². The first kappa shape index (κ1) is 15.6. The van der Waals surface area contributed by atoms with E-state index in [2.05, 4.69) is 24.8 Å². The molecule has 3 fully saturated rings. The Morgan fingerprint density at radius 2 is 2.13 bits per heavy atom. The molecule has 3 saturated heterocycles. The van der Waals surface area contributed by atoms with Gasteiger partial charge in [-0.15, -0.1) is 0 Å². The van der Waals surface area contributed by atoms with Crippen LogP contribution in [0.3, 0.4) is 0 Å². The Kier molecular flexibility index (Phi) is 4.01. The molecule has 5 atom stereocenters. The highest BCUT2D eigenvalue weighted by molar-refractivity contribution is 5.75. The molecule has 0 spiro atoms. The van der Waals surface area contributed by atoms with Crippen LogP contribution in [-0.2, 0) is 14.3 Å². The van der Waals surface area contributed by atoms with Crippen LogP contribution in [0.5, 0.6) is 0 Å². The highest BCUT2D eigenvalue weighted by Gasteiger charge is 2.62. The lowest BCUT2D eigenvalue weighted by molar-refractivity contribution is -0.145. The van der Waals surface area contributed by atoms with Crippen LogP contribution in [0.25, 0.3) is 0 Å². The van der Waals surface area contributed by atoms with Crippen molar-refractivity contribution in [2.45, 2.75) is 70.2 Å². The fraction of sp³-hybridized carbons (Fsp3) is 0.842. The van der Waals surface area contributed by atoms with Gasteiger partial charge in [-0.1, -0.05) is 11.6 Å². The smallest absolute Gasteiger partial charge is 0.311 e. The highest BCUT2D eigenvalue weighted by Crippen LogP contribution is 2.50. The number of carbonyl (C=O) groups excluding carboxylic acids is 1. The molecule has 0 unspecified atom stereocenters. The third-order valence-corrected chi connectivity index (χ3v) is 6.39. The first-order valence-electron chi connectivity index (χ1n) is 9.33. The van der Waals surface area contributed by atoms with E-state index in [1.54, 1.807) is 0 Å². The molecule has 3 heterocycles. The van der Waals surface area contributed by atoms with Gasteiger partial charge in [-0.05, 0) is 65.5 Å². The fourth-order valence-electron chi connectivity index (χ4n) is 4.79. The second-order valence-electron chi connectivity index (χ2n) is 8.16. The minimum absolute atomic E-state index is 0.0191. The third kappa shape index (κ3) is 2.96. The number of nitrogens with zero attached hydrogens (tertiary/aromatic N) is 1. The van der Waals surface area contributed by atoms with Crippen molar-refractivity contribution in [3.05, 3.63) is 11.6 Å². The summed E-state index contributed by atoms with van der Waals surface area (Å²) in [7, 11) is 0. The Balaban J connectivity index is 1.54. The third-order valence-electron chi connectivity index (χ3n) is 6.39. The lowest BCUT2D eigenvalue weighted by Gasteiger charge is -2.25. The maximum atomic E-state index is 12.6. The molecule has 0 aromatic carbocycles. The van der Waals surface area contributed by atoms with Gasteiger partial charge >= 0.3 is 5.97 Å². The van der Waals surface area contributed by atoms with Crippen LogP contribution >= 0.6 is 0 Å². The zero-order valence-corrected chi connectivity index (χ0v) is 14.4. The Morgan fingerprint density at radius 1 is 1.35 bits per heavy atom. The molecule has 4 heteroatoms. The predicted octanol–water partition coefficient (Wildman–Crippen LogP) is 2.92. The maximum absolute atomic E-state index is 12.6. The molecular formula is C19H29NO3. The molecule has 1 aliphatic carbocycles. The zero-order chi connectivity index (χ0) is 16.0. The molecule has 0 bridgehead atoms. The van der Waals surface area contributed by atoms with Crippen molar-refractivity contribution in [1.82, 2.24) is 4.90 Å². The lowest BCUT2D eigenvalue weighted by atomic mass is 9.80. The zero-order valence-electron chi connectivity index (χ0n) is 14.4. The number of rotatable bonds is 2. The molecule has 0 radical (unpaired) electrons. The van der Waals surface area contributed by atoms with Gasteiger partial charge in [0.15, 0.2) is 0 Å². The Morgan fingerprint density at radius 3 is 2.91 bits per heavy atom. The highest BCUT2D eigenvalue weighted by atomic mass is 16.6. The number of esters is 1. The lowest BCUT2D eigenvalue weighted by Crippen LogP contribution is -2.35. The molecule has 4 aliphatic rings. The summed E-state index contributed by atoms with van der Waals surface area (Å²) >= 11 is 0. The second-order valence-corrected chi connectivity index (χ2v) is 8.16. The van der Waals surface area contributed by atoms with Gasteiger partial charge in [0.1, 0.15) is 12.2 Å². The number of fused-ring (bicyclic) bond motifs is 3. The largest absolute Gasteiger partial charge is 0.459 e. The van der Waals surface area contributed by atoms with E-state index < -0.39 is 0 Å². The number of likely N-dealkylation sites (tertiary alicyclic amines) is 1. The van der Waals surface area contributed by atoms with E-state index in [4.69, 9.17) is 9.47 Å². The summed E-state index contributed by atoms with van der Waals surface area (Å²) in [4.78, 5) is 15.0. The minimum atomic E-state index is -0.0835. The number of ether oxygens (including phenoxy) is 2. The Hall–Kier alpha value is -0.870. The van der Waals surface area contributed by atoms with E-state index >= 15 is 0 Å². The second kappa shape index (κ2) is 5.89. The minimum Gasteiger partial charge on any atom is -0.459 e. The number of allylic oxidation sites excluding steroid dienone is 2. The van der Waals surface area contributed by atoms with Gasteiger partial charge in [0.25, 0.3) is 0 Å². The van der Waals surface area contributed by atoms with E-state index in [-0.39, 0.29) is 29.7 Å². The van der Waals surface area contributed by atoms with Gasteiger partial charge < -0.3 is 14.4 Å². The van der Waals surface area contributed by atoms with Gasteiger partial charge in [-0.25, -0.2) is 0 Å². The van der Waals surface area contributed by atoms with E-state index in [0.717, 1.165) is 45.3 Å². The molecule has 0 aromatic heterocycles. The summed E-state index contributed by atoms with van der Waals surface area (Å²) in [5, 5.41) is 0. The summed E-state index contributed by atoms with van der Waals surface area (Å²) in [6.45, 7) is 7.56. The first-order chi connectivity index (χ1) is 11.1. The number of hydrogen-bond acceptors (Lipinski definition) is 4. The van der Waals surface area contributed by atoms with Crippen molar-refractivity contribution >= 4 is 5.97 Å². The van der Waals surface area contributed by atoms with E-state index in [0.29, 0.717) is 5.92 Å². The van der Waals surface area contributed by atoms with Gasteiger partial charge in [0.2, 0.25) is 0 Å². The molecule has 4 rings (SSSR count). The van der Waals surface area contributed by atoms with Gasteiger partial charge in [0.05, 0.1) is 11.5 Å². The molecule has 0 saturated carbocycles. The van der Waals surface area contributed by atoms with Gasteiger partial charge in [-0.3, -0.25) is 4.79 Å². The predicted molar refractivity (Wildman–Crippen MR) is 88.0 cm³/mol. The van der Waals surface area contributed by atoms with Crippen LogP contribution in [0.1, 0.15) is 52.4 Å². The average molecular weight is 319 g/mol. The quantitative estimate of drug-likeness (QED) is 0.446. The van der Waals surface area contributed by atoms with Crippen molar-refractivity contribution in [1.29, 1.82) is 0 Å². The first-order valence-corrected chi connectivity index (χ1v) is 9.33. The average Bonchev–Trinajstić information content (AvgIpc) is 2.87. The van der Waals surface area contributed by atoms with Crippen molar-refractivity contribution < 1.29 is 14.3 Å². The number of hydrogen-bond donors (Lipinski definition) is 0. The molecule has 0 amide bonds. The summed E-state index contributed by atoms with van der Waals surface area (Å²) in [5.74, 6) is 0.376. The summed E-state index contributed by atoms with van der Waals surface area (Å²) < 4.78 is 11.9. The van der Waals surface area contributed by atoms with Gasteiger partial charge in [0, 0.05) is 12.5 Å². The molecule has 4 nitrogen and oxygen atoms in total. The summed E-state index contributed by atoms with van der Waals surface area (Å²) in [6.07, 6.45) is 9.22. The van der Waals surface area contributed by atoms with Crippen molar-refractivity contribution in [3.63, 3.8) is 0 Å². The van der Waals surface area contributed by atoms with Crippen LogP contribution in [-0.4, -0.2) is 48.3 Å². The van der Waals surface area contributed by atoms with E-state index in [1.807, 2.05) is 0 Å². The Bertz CT molecular complexity index is 511. The summed E-state index contributed by atoms with van der Waals surface area (Å²) in [5.41, 5.74) is 1.37. The van der Waals surface area contributed by atoms with E-state index in [1.165, 1.54) is 18.4 Å². The SMILES string of the molecule is CC1=CCC[C@@]2(C)O[C@@H]2[C@H]2OC(=O)[C@@H](CN3CCCC3)[C@@H]2CC1. The normalized spacial score (nSPS) is 44.3. The topological polar surface area (TPSA) is 42.1 Å². The van der Waals surface area contributed by atoms with Gasteiger partial charge in [-0.2, -0.15) is 0 Å². The van der Waals surface area contributed by atoms with Crippen LogP contribution < -0.4 is 0 Å². The molecule has 128 valence electrons. The molecular weight excluding hydrogens is 290 g/mol. The fourth-order valence-corrected chi connectivity index (χ4v) is 4.79. The van der Waals surface area contributed by atoms with Crippen LogP contribution in [0.2, 0.25) is 0 Å². The molecule has 3 aliphatic heterocycles.